The Bertz CT molecular complexity index is 464. The Morgan fingerprint density at radius 1 is 1.44 bits per heavy atom. The number of nitrogens with zero attached hydrogens (tertiary/aromatic N) is 2. The van der Waals surface area contributed by atoms with E-state index in [2.05, 4.69) is 44.6 Å². The van der Waals surface area contributed by atoms with Crippen molar-refractivity contribution in [1.29, 1.82) is 0 Å². The van der Waals surface area contributed by atoms with E-state index in [0.717, 1.165) is 28.5 Å². The predicted molar refractivity (Wildman–Crippen MR) is 76.7 cm³/mol. The number of carbonyl (C=O) groups is 1. The first kappa shape index (κ1) is 13.5. The Balaban J connectivity index is 2.32. The first-order chi connectivity index (χ1) is 8.34. The predicted octanol–water partition coefficient (Wildman–Crippen LogP) is 3.53. The van der Waals surface area contributed by atoms with Gasteiger partial charge in [-0.25, -0.2) is 4.98 Å². The minimum atomic E-state index is 0.0599. The number of rotatable bonds is 3. The van der Waals surface area contributed by atoms with Crippen LogP contribution >= 0.6 is 11.3 Å². The standard InChI is InChI=1S/C14H22N2OS/c1-6-9(2)16(5)13-15-10-7-14(3,4)8-11(17)12(10)18-13/h9H,6-8H2,1-5H3. The van der Waals surface area contributed by atoms with Crippen molar-refractivity contribution < 1.29 is 4.79 Å². The number of aromatic nitrogens is 1. The Morgan fingerprint density at radius 2 is 2.11 bits per heavy atom. The van der Waals surface area contributed by atoms with Crippen molar-refractivity contribution in [3.8, 4) is 0 Å². The molecule has 0 bridgehead atoms. The number of Topliss-reactive ketones (excluding diaryl/α,β-unsaturated/α-hetero) is 1. The normalized spacial score (nSPS) is 19.5. The Hall–Kier alpha value is -0.900. The monoisotopic (exact) mass is 266 g/mol. The van der Waals surface area contributed by atoms with E-state index in [1.54, 1.807) is 11.3 Å². The maximum absolute atomic E-state index is 12.1. The quantitative estimate of drug-likeness (QED) is 0.839. The summed E-state index contributed by atoms with van der Waals surface area (Å²) < 4.78 is 0. The molecule has 0 radical (unpaired) electrons. The molecule has 1 unspecified atom stereocenters. The molecule has 1 aromatic heterocycles. The van der Waals surface area contributed by atoms with Gasteiger partial charge in [0.25, 0.3) is 0 Å². The third-order valence-corrected chi connectivity index (χ3v) is 5.01. The first-order valence-electron chi connectivity index (χ1n) is 6.60. The summed E-state index contributed by atoms with van der Waals surface area (Å²) in [5, 5.41) is 0.986. The molecule has 4 heteroatoms. The zero-order valence-corrected chi connectivity index (χ0v) is 12.7. The van der Waals surface area contributed by atoms with Crippen LogP contribution in [0.5, 0.6) is 0 Å². The number of ketones is 1. The molecule has 1 aliphatic carbocycles. The molecule has 1 atom stereocenters. The molecule has 0 spiro atoms. The lowest BCUT2D eigenvalue weighted by molar-refractivity contribution is 0.0916. The molecule has 3 nitrogen and oxygen atoms in total. The topological polar surface area (TPSA) is 33.2 Å². The van der Waals surface area contributed by atoms with Gasteiger partial charge in [-0.1, -0.05) is 32.1 Å². The maximum atomic E-state index is 12.1. The summed E-state index contributed by atoms with van der Waals surface area (Å²) in [5.74, 6) is 0.266. The number of carbonyl (C=O) groups excluding carboxylic acids is 1. The molecule has 0 amide bonds. The molecule has 0 saturated carbocycles. The summed E-state index contributed by atoms with van der Waals surface area (Å²) in [6.07, 6.45) is 2.65. The van der Waals surface area contributed by atoms with Crippen LogP contribution in [0, 0.1) is 5.41 Å². The average molecular weight is 266 g/mol. The Labute approximate surface area is 113 Å². The van der Waals surface area contributed by atoms with E-state index in [0.29, 0.717) is 12.5 Å². The zero-order chi connectivity index (χ0) is 13.5. The molecule has 0 aliphatic heterocycles. The average Bonchev–Trinajstić information content (AvgIpc) is 2.69. The van der Waals surface area contributed by atoms with Gasteiger partial charge in [-0.15, -0.1) is 0 Å². The largest absolute Gasteiger partial charge is 0.348 e. The van der Waals surface area contributed by atoms with Crippen LogP contribution in [-0.2, 0) is 6.42 Å². The molecule has 0 fully saturated rings. The van der Waals surface area contributed by atoms with E-state index < -0.39 is 0 Å². The highest BCUT2D eigenvalue weighted by Crippen LogP contribution is 2.39. The third kappa shape index (κ3) is 2.44. The molecule has 1 aromatic rings. The van der Waals surface area contributed by atoms with Crippen molar-refractivity contribution >= 4 is 22.3 Å². The third-order valence-electron chi connectivity index (χ3n) is 3.78. The van der Waals surface area contributed by atoms with Crippen LogP contribution in [0.15, 0.2) is 0 Å². The number of hydrogen-bond acceptors (Lipinski definition) is 4. The molecule has 1 heterocycles. The van der Waals surface area contributed by atoms with Crippen molar-refractivity contribution in [3.63, 3.8) is 0 Å². The molecular formula is C14H22N2OS. The summed E-state index contributed by atoms with van der Waals surface area (Å²) in [6.45, 7) is 8.64. The molecule has 2 rings (SSSR count). The fourth-order valence-electron chi connectivity index (χ4n) is 2.32. The first-order valence-corrected chi connectivity index (χ1v) is 7.41. The summed E-state index contributed by atoms with van der Waals surface area (Å²) in [6, 6.07) is 0.459. The number of fused-ring (bicyclic) bond motifs is 1. The Morgan fingerprint density at radius 3 is 2.72 bits per heavy atom. The molecule has 100 valence electrons. The van der Waals surface area contributed by atoms with Gasteiger partial charge in [0.1, 0.15) is 0 Å². The lowest BCUT2D eigenvalue weighted by Gasteiger charge is -2.26. The minimum absolute atomic E-state index is 0.0599. The SMILES string of the molecule is CCC(C)N(C)c1nc2c(s1)C(=O)CC(C)(C)C2. The van der Waals surface area contributed by atoms with Crippen LogP contribution in [-0.4, -0.2) is 23.9 Å². The van der Waals surface area contributed by atoms with Crippen LogP contribution in [0.2, 0.25) is 0 Å². The maximum Gasteiger partial charge on any atom is 0.186 e. The van der Waals surface area contributed by atoms with Crippen LogP contribution in [0.1, 0.15) is 55.9 Å². The summed E-state index contributed by atoms with van der Waals surface area (Å²) in [5.41, 5.74) is 1.07. The van der Waals surface area contributed by atoms with Gasteiger partial charge < -0.3 is 4.90 Å². The van der Waals surface area contributed by atoms with Crippen LogP contribution in [0.4, 0.5) is 5.13 Å². The van der Waals surface area contributed by atoms with E-state index in [4.69, 9.17) is 0 Å². The van der Waals surface area contributed by atoms with E-state index in [-0.39, 0.29) is 11.2 Å². The van der Waals surface area contributed by atoms with Gasteiger partial charge in [-0.05, 0) is 25.2 Å². The molecule has 0 saturated heterocycles. The summed E-state index contributed by atoms with van der Waals surface area (Å²) in [4.78, 5) is 19.9. The minimum Gasteiger partial charge on any atom is -0.348 e. The van der Waals surface area contributed by atoms with E-state index >= 15 is 0 Å². The summed E-state index contributed by atoms with van der Waals surface area (Å²) >= 11 is 1.56. The zero-order valence-electron chi connectivity index (χ0n) is 11.9. The van der Waals surface area contributed by atoms with Gasteiger partial charge in [0.2, 0.25) is 0 Å². The molecular weight excluding hydrogens is 244 g/mol. The van der Waals surface area contributed by atoms with E-state index in [9.17, 15) is 4.79 Å². The molecule has 0 aromatic carbocycles. The summed E-state index contributed by atoms with van der Waals surface area (Å²) in [7, 11) is 2.06. The van der Waals surface area contributed by atoms with Gasteiger partial charge in [-0.3, -0.25) is 4.79 Å². The fourth-order valence-corrected chi connectivity index (χ4v) is 3.40. The molecule has 18 heavy (non-hydrogen) atoms. The molecule has 1 aliphatic rings. The fraction of sp³-hybridized carbons (Fsp3) is 0.714. The van der Waals surface area contributed by atoms with Gasteiger partial charge in [0.05, 0.1) is 10.6 Å². The molecule has 0 N–H and O–H groups in total. The number of hydrogen-bond donors (Lipinski definition) is 0. The van der Waals surface area contributed by atoms with Gasteiger partial charge in [0.15, 0.2) is 10.9 Å². The highest BCUT2D eigenvalue weighted by Gasteiger charge is 2.34. The van der Waals surface area contributed by atoms with Crippen molar-refractivity contribution in [1.82, 2.24) is 4.98 Å². The second-order valence-corrected chi connectivity index (χ2v) is 7.06. The second kappa shape index (κ2) is 4.65. The van der Waals surface area contributed by atoms with E-state index in [1.807, 2.05) is 0 Å². The van der Waals surface area contributed by atoms with Gasteiger partial charge >= 0.3 is 0 Å². The Kier molecular flexibility index (Phi) is 3.49. The lowest BCUT2D eigenvalue weighted by atomic mass is 9.78. The van der Waals surface area contributed by atoms with E-state index in [1.165, 1.54) is 0 Å². The highest BCUT2D eigenvalue weighted by atomic mass is 32.1. The van der Waals surface area contributed by atoms with Crippen LogP contribution in [0.25, 0.3) is 0 Å². The number of thiazole rings is 1. The van der Waals surface area contributed by atoms with Crippen molar-refractivity contribution in [2.24, 2.45) is 5.41 Å². The lowest BCUT2D eigenvalue weighted by Crippen LogP contribution is -2.28. The number of anilines is 1. The van der Waals surface area contributed by atoms with Crippen LogP contribution in [0.3, 0.4) is 0 Å². The second-order valence-electron chi connectivity index (χ2n) is 6.08. The van der Waals surface area contributed by atoms with Crippen LogP contribution < -0.4 is 4.90 Å². The van der Waals surface area contributed by atoms with Gasteiger partial charge in [0, 0.05) is 19.5 Å². The van der Waals surface area contributed by atoms with Crippen molar-refractivity contribution in [3.05, 3.63) is 10.6 Å². The smallest absolute Gasteiger partial charge is 0.186 e. The van der Waals surface area contributed by atoms with Crippen molar-refractivity contribution in [2.75, 3.05) is 11.9 Å². The van der Waals surface area contributed by atoms with Crippen molar-refractivity contribution in [2.45, 2.75) is 53.0 Å². The van der Waals surface area contributed by atoms with Gasteiger partial charge in [-0.2, -0.15) is 0 Å². The highest BCUT2D eigenvalue weighted by molar-refractivity contribution is 7.17.